The topological polar surface area (TPSA) is 85.1 Å². The van der Waals surface area contributed by atoms with Gasteiger partial charge in [-0.05, 0) is 13.5 Å². The van der Waals surface area contributed by atoms with E-state index in [0.29, 0.717) is 12.4 Å². The molecule has 0 spiro atoms. The zero-order valence-electron chi connectivity index (χ0n) is 9.47. The van der Waals surface area contributed by atoms with Crippen LogP contribution in [0, 0.1) is 6.92 Å². The molecule has 0 aliphatic heterocycles. The summed E-state index contributed by atoms with van der Waals surface area (Å²) in [5, 5.41) is 0. The number of H-pyrrole nitrogens is 1. The lowest BCUT2D eigenvalue weighted by Gasteiger charge is -1.93. The maximum Gasteiger partial charge on any atom is 0.244 e. The van der Waals surface area contributed by atoms with Crippen LogP contribution in [-0.4, -0.2) is 25.9 Å². The fourth-order valence-electron chi connectivity index (χ4n) is 1.84. The number of aryl methyl sites for hydroxylation is 1. The van der Waals surface area contributed by atoms with Gasteiger partial charge in [0.2, 0.25) is 11.7 Å². The molecule has 88 valence electrons. The van der Waals surface area contributed by atoms with E-state index in [2.05, 4.69) is 15.0 Å². The number of rotatable bonds is 3. The molecule has 17 heavy (non-hydrogen) atoms. The van der Waals surface area contributed by atoms with E-state index in [9.17, 15) is 0 Å². The largest absolute Gasteiger partial charge is 0.440 e. The highest BCUT2D eigenvalue weighted by atomic mass is 16.4. The van der Waals surface area contributed by atoms with E-state index >= 15 is 0 Å². The zero-order valence-corrected chi connectivity index (χ0v) is 9.47. The van der Waals surface area contributed by atoms with Crippen molar-refractivity contribution in [1.29, 1.82) is 0 Å². The second kappa shape index (κ2) is 3.74. The molecular weight excluding hydrogens is 218 g/mol. The Morgan fingerprint density at radius 3 is 3.00 bits per heavy atom. The van der Waals surface area contributed by atoms with E-state index in [1.165, 1.54) is 0 Å². The Bertz CT molecular complexity index is 648. The third-order valence-corrected chi connectivity index (χ3v) is 2.63. The molecule has 3 heterocycles. The highest BCUT2D eigenvalue weighted by Crippen LogP contribution is 2.19. The van der Waals surface area contributed by atoms with Crippen LogP contribution < -0.4 is 5.73 Å². The quantitative estimate of drug-likeness (QED) is 0.707. The molecule has 3 rings (SSSR count). The maximum absolute atomic E-state index is 5.55. The molecule has 0 bridgehead atoms. The Hall–Kier alpha value is -2.08. The number of fused-ring (bicyclic) bond motifs is 1. The molecule has 0 fully saturated rings. The molecule has 0 saturated heterocycles. The summed E-state index contributed by atoms with van der Waals surface area (Å²) in [6.45, 7) is 2.47. The molecule has 0 aliphatic rings. The smallest absolute Gasteiger partial charge is 0.244 e. The van der Waals surface area contributed by atoms with E-state index in [0.717, 1.165) is 29.3 Å². The van der Waals surface area contributed by atoms with Gasteiger partial charge in [0.05, 0.1) is 12.4 Å². The SMILES string of the molecule is Cc1cnc(-c2cn3c(CCN)cnc3[nH]2)o1. The van der Waals surface area contributed by atoms with Gasteiger partial charge >= 0.3 is 0 Å². The first-order chi connectivity index (χ1) is 8.28. The molecule has 0 saturated carbocycles. The van der Waals surface area contributed by atoms with Gasteiger partial charge in [-0.25, -0.2) is 9.97 Å². The van der Waals surface area contributed by atoms with Gasteiger partial charge in [-0.1, -0.05) is 0 Å². The van der Waals surface area contributed by atoms with Crippen LogP contribution in [0.4, 0.5) is 0 Å². The van der Waals surface area contributed by atoms with E-state index in [4.69, 9.17) is 10.2 Å². The lowest BCUT2D eigenvalue weighted by molar-refractivity contribution is 0.541. The first-order valence-corrected chi connectivity index (χ1v) is 5.46. The van der Waals surface area contributed by atoms with Crippen LogP contribution in [0.25, 0.3) is 17.4 Å². The van der Waals surface area contributed by atoms with Crippen LogP contribution in [-0.2, 0) is 6.42 Å². The Balaban J connectivity index is 2.07. The normalized spacial score (nSPS) is 11.4. The maximum atomic E-state index is 5.55. The van der Waals surface area contributed by atoms with Crippen LogP contribution in [0.2, 0.25) is 0 Å². The van der Waals surface area contributed by atoms with Crippen LogP contribution in [0.1, 0.15) is 11.5 Å². The molecule has 0 aliphatic carbocycles. The van der Waals surface area contributed by atoms with Crippen molar-refractivity contribution in [3.63, 3.8) is 0 Å². The second-order valence-electron chi connectivity index (χ2n) is 3.93. The molecule has 0 amide bonds. The summed E-state index contributed by atoms with van der Waals surface area (Å²) in [5.74, 6) is 2.14. The van der Waals surface area contributed by atoms with Gasteiger partial charge in [-0.3, -0.25) is 4.40 Å². The van der Waals surface area contributed by atoms with Gasteiger partial charge < -0.3 is 15.1 Å². The molecule has 6 heteroatoms. The molecule has 6 nitrogen and oxygen atoms in total. The van der Waals surface area contributed by atoms with Crippen LogP contribution in [0.3, 0.4) is 0 Å². The van der Waals surface area contributed by atoms with Gasteiger partial charge in [0, 0.05) is 18.3 Å². The Kier molecular flexibility index (Phi) is 2.22. The Labute approximate surface area is 97.5 Å². The van der Waals surface area contributed by atoms with E-state index in [1.54, 1.807) is 6.20 Å². The number of nitrogens with one attached hydrogen (secondary N) is 1. The van der Waals surface area contributed by atoms with Crippen LogP contribution >= 0.6 is 0 Å². The summed E-state index contributed by atoms with van der Waals surface area (Å²) in [5.41, 5.74) is 7.45. The van der Waals surface area contributed by atoms with E-state index in [1.807, 2.05) is 23.7 Å². The van der Waals surface area contributed by atoms with Crippen molar-refractivity contribution >= 4 is 5.78 Å². The lowest BCUT2D eigenvalue weighted by atomic mass is 10.3. The summed E-state index contributed by atoms with van der Waals surface area (Å²) in [6.07, 6.45) is 6.24. The average Bonchev–Trinajstić information content (AvgIpc) is 2.95. The molecule has 0 radical (unpaired) electrons. The molecule has 3 N–H and O–H groups in total. The molecule has 0 aromatic carbocycles. The molecule has 3 aromatic rings. The minimum Gasteiger partial charge on any atom is -0.440 e. The predicted molar refractivity (Wildman–Crippen MR) is 62.5 cm³/mol. The summed E-state index contributed by atoms with van der Waals surface area (Å²) in [4.78, 5) is 11.6. The summed E-state index contributed by atoms with van der Waals surface area (Å²) in [6, 6.07) is 0. The third kappa shape index (κ3) is 1.62. The fraction of sp³-hybridized carbons (Fsp3) is 0.273. The highest BCUT2D eigenvalue weighted by molar-refractivity contribution is 5.52. The average molecular weight is 231 g/mol. The number of hydrogen-bond acceptors (Lipinski definition) is 4. The summed E-state index contributed by atoms with van der Waals surface area (Å²) >= 11 is 0. The lowest BCUT2D eigenvalue weighted by Crippen LogP contribution is -2.04. The van der Waals surface area contributed by atoms with Crippen molar-refractivity contribution in [3.8, 4) is 11.6 Å². The number of aromatic nitrogens is 4. The number of aromatic amines is 1. The van der Waals surface area contributed by atoms with Crippen molar-refractivity contribution in [3.05, 3.63) is 30.0 Å². The van der Waals surface area contributed by atoms with Gasteiger partial charge in [0.15, 0.2) is 0 Å². The van der Waals surface area contributed by atoms with Crippen molar-refractivity contribution < 1.29 is 4.42 Å². The van der Waals surface area contributed by atoms with E-state index < -0.39 is 0 Å². The second-order valence-corrected chi connectivity index (χ2v) is 3.93. The number of nitrogens with zero attached hydrogens (tertiary/aromatic N) is 3. The van der Waals surface area contributed by atoms with Crippen LogP contribution in [0.15, 0.2) is 23.0 Å². The predicted octanol–water partition coefficient (Wildman–Crippen LogP) is 1.13. The number of nitrogens with two attached hydrogens (primary N) is 1. The fourth-order valence-corrected chi connectivity index (χ4v) is 1.84. The van der Waals surface area contributed by atoms with Gasteiger partial charge in [-0.15, -0.1) is 0 Å². The first kappa shape index (κ1) is 10.1. The first-order valence-electron chi connectivity index (χ1n) is 5.46. The van der Waals surface area contributed by atoms with Crippen molar-refractivity contribution in [2.45, 2.75) is 13.3 Å². The molecule has 0 atom stereocenters. The van der Waals surface area contributed by atoms with Crippen molar-refractivity contribution in [2.75, 3.05) is 6.54 Å². The summed E-state index contributed by atoms with van der Waals surface area (Å²) < 4.78 is 7.43. The minimum absolute atomic E-state index is 0.576. The van der Waals surface area contributed by atoms with Crippen LogP contribution in [0.5, 0.6) is 0 Å². The summed E-state index contributed by atoms with van der Waals surface area (Å²) in [7, 11) is 0. The minimum atomic E-state index is 0.576. The monoisotopic (exact) mass is 231 g/mol. The van der Waals surface area contributed by atoms with Gasteiger partial charge in [0.1, 0.15) is 11.5 Å². The number of hydrogen-bond donors (Lipinski definition) is 2. The Morgan fingerprint density at radius 2 is 2.29 bits per heavy atom. The van der Waals surface area contributed by atoms with Crippen molar-refractivity contribution in [1.82, 2.24) is 19.4 Å². The number of oxazole rings is 1. The standard InChI is InChI=1S/C11H13N5O/c1-7-4-13-10(17-7)9-6-16-8(2-3-12)5-14-11(16)15-9/h4-6H,2-3,12H2,1H3,(H,14,15). The molecule has 3 aromatic heterocycles. The van der Waals surface area contributed by atoms with Gasteiger partial charge in [0.25, 0.3) is 0 Å². The third-order valence-electron chi connectivity index (χ3n) is 2.63. The highest BCUT2D eigenvalue weighted by Gasteiger charge is 2.11. The van der Waals surface area contributed by atoms with Gasteiger partial charge in [-0.2, -0.15) is 0 Å². The number of imidazole rings is 2. The molecular formula is C11H13N5O. The zero-order chi connectivity index (χ0) is 11.8. The Morgan fingerprint density at radius 1 is 1.41 bits per heavy atom. The molecule has 0 unspecified atom stereocenters. The van der Waals surface area contributed by atoms with E-state index in [-0.39, 0.29) is 0 Å². The van der Waals surface area contributed by atoms with Crippen molar-refractivity contribution in [2.24, 2.45) is 5.73 Å².